The summed E-state index contributed by atoms with van der Waals surface area (Å²) in [6.45, 7) is 11.2. The lowest BCUT2D eigenvalue weighted by atomic mass is 9.91. The number of aliphatic imine (C=N–C) groups is 1. The van der Waals surface area contributed by atoms with Crippen LogP contribution < -0.4 is 0 Å². The number of likely N-dealkylation sites (tertiary alicyclic amines) is 1. The van der Waals surface area contributed by atoms with Gasteiger partial charge in [-0.1, -0.05) is 68.4 Å². The lowest BCUT2D eigenvalue weighted by molar-refractivity contribution is 0.351. The molecule has 4 rings (SSSR count). The summed E-state index contributed by atoms with van der Waals surface area (Å²) < 4.78 is 0. The zero-order valence-electron chi connectivity index (χ0n) is 20.1. The molecule has 0 amide bonds. The van der Waals surface area contributed by atoms with Gasteiger partial charge in [-0.05, 0) is 90.5 Å². The van der Waals surface area contributed by atoms with E-state index in [1.165, 1.54) is 58.2 Å². The molecule has 3 aromatic carbocycles. The summed E-state index contributed by atoms with van der Waals surface area (Å²) >= 11 is 0. The molecule has 1 heterocycles. The molecule has 0 aliphatic carbocycles. The van der Waals surface area contributed by atoms with Gasteiger partial charge >= 0.3 is 0 Å². The summed E-state index contributed by atoms with van der Waals surface area (Å²) in [6.07, 6.45) is 6.92. The van der Waals surface area contributed by atoms with Crippen LogP contribution in [0, 0.1) is 13.8 Å². The molecular formula is C30H36N2. The highest BCUT2D eigenvalue weighted by Crippen LogP contribution is 2.30. The summed E-state index contributed by atoms with van der Waals surface area (Å²) in [5, 5.41) is 0. The molecule has 166 valence electrons. The third-order valence-electron chi connectivity index (χ3n) is 6.65. The van der Waals surface area contributed by atoms with E-state index in [9.17, 15) is 0 Å². The van der Waals surface area contributed by atoms with Crippen molar-refractivity contribution in [2.24, 2.45) is 4.99 Å². The molecule has 0 bridgehead atoms. The lowest BCUT2D eigenvalue weighted by Gasteiger charge is -2.24. The molecule has 0 spiro atoms. The average molecular weight is 425 g/mol. The van der Waals surface area contributed by atoms with Gasteiger partial charge in [-0.15, -0.1) is 0 Å². The van der Waals surface area contributed by atoms with Gasteiger partial charge in [-0.2, -0.15) is 0 Å². The second kappa shape index (κ2) is 10.2. The maximum Gasteiger partial charge on any atom is 0.0912 e. The smallest absolute Gasteiger partial charge is 0.0912 e. The van der Waals surface area contributed by atoms with Gasteiger partial charge in [0.2, 0.25) is 0 Å². The Bertz CT molecular complexity index is 1070. The van der Waals surface area contributed by atoms with Gasteiger partial charge in [-0.25, -0.2) is 4.99 Å². The van der Waals surface area contributed by atoms with Crippen molar-refractivity contribution in [3.05, 3.63) is 88.5 Å². The number of aryl methyl sites for hydroxylation is 2. The van der Waals surface area contributed by atoms with Crippen LogP contribution in [-0.4, -0.2) is 24.3 Å². The summed E-state index contributed by atoms with van der Waals surface area (Å²) in [4.78, 5) is 7.16. The first kappa shape index (κ1) is 22.3. The molecule has 0 N–H and O–H groups in total. The van der Waals surface area contributed by atoms with Crippen LogP contribution in [0.25, 0.3) is 11.1 Å². The minimum Gasteiger partial charge on any atom is -0.363 e. The van der Waals surface area contributed by atoms with Crippen LogP contribution in [0.2, 0.25) is 0 Å². The third kappa shape index (κ3) is 5.30. The maximum atomic E-state index is 4.81. The topological polar surface area (TPSA) is 15.6 Å². The monoisotopic (exact) mass is 424 g/mol. The minimum atomic E-state index is 0.521. The lowest BCUT2D eigenvalue weighted by Crippen LogP contribution is -2.28. The Morgan fingerprint density at radius 1 is 0.875 bits per heavy atom. The van der Waals surface area contributed by atoms with E-state index in [2.05, 4.69) is 93.3 Å². The molecule has 1 aliphatic rings. The zero-order valence-corrected chi connectivity index (χ0v) is 20.1. The Kier molecular flexibility index (Phi) is 7.09. The maximum absolute atomic E-state index is 4.81. The van der Waals surface area contributed by atoms with E-state index in [1.54, 1.807) is 0 Å². The first-order chi connectivity index (χ1) is 15.5. The largest absolute Gasteiger partial charge is 0.363 e. The van der Waals surface area contributed by atoms with Crippen molar-refractivity contribution in [2.75, 3.05) is 13.1 Å². The number of hydrogen-bond acceptors (Lipinski definition) is 1. The Hall–Kier alpha value is -2.87. The molecule has 0 unspecified atom stereocenters. The molecule has 1 saturated heterocycles. The number of rotatable bonds is 6. The Balaban J connectivity index is 1.49. The van der Waals surface area contributed by atoms with Crippen molar-refractivity contribution in [2.45, 2.75) is 59.3 Å². The molecule has 0 radical (unpaired) electrons. The van der Waals surface area contributed by atoms with E-state index in [4.69, 9.17) is 4.99 Å². The predicted octanol–water partition coefficient (Wildman–Crippen LogP) is 7.83. The van der Waals surface area contributed by atoms with Crippen molar-refractivity contribution in [1.29, 1.82) is 0 Å². The average Bonchev–Trinajstić information content (AvgIpc) is 2.81. The molecule has 1 fully saturated rings. The van der Waals surface area contributed by atoms with E-state index >= 15 is 0 Å². The van der Waals surface area contributed by atoms with Crippen LogP contribution in [0.1, 0.15) is 66.8 Å². The van der Waals surface area contributed by atoms with Crippen molar-refractivity contribution in [3.8, 4) is 11.1 Å². The fraction of sp³-hybridized carbons (Fsp3) is 0.367. The number of hydrogen-bond donors (Lipinski definition) is 0. The Labute approximate surface area is 194 Å². The van der Waals surface area contributed by atoms with E-state index in [-0.39, 0.29) is 0 Å². The van der Waals surface area contributed by atoms with Crippen LogP contribution in [0.5, 0.6) is 0 Å². The Morgan fingerprint density at radius 3 is 2.31 bits per heavy atom. The van der Waals surface area contributed by atoms with Crippen molar-refractivity contribution >= 4 is 12.0 Å². The van der Waals surface area contributed by atoms with E-state index < -0.39 is 0 Å². The van der Waals surface area contributed by atoms with Gasteiger partial charge < -0.3 is 4.90 Å². The van der Waals surface area contributed by atoms with Gasteiger partial charge in [0.1, 0.15) is 0 Å². The molecule has 1 aliphatic heterocycles. The molecular weight excluding hydrogens is 388 g/mol. The van der Waals surface area contributed by atoms with Gasteiger partial charge in [-0.3, -0.25) is 0 Å². The summed E-state index contributed by atoms with van der Waals surface area (Å²) in [5.74, 6) is 0.521. The second-order valence-corrected chi connectivity index (χ2v) is 9.52. The molecule has 32 heavy (non-hydrogen) atoms. The molecule has 0 atom stereocenters. The van der Waals surface area contributed by atoms with Crippen LogP contribution in [0.4, 0.5) is 5.69 Å². The van der Waals surface area contributed by atoms with Gasteiger partial charge in [0.05, 0.1) is 12.0 Å². The van der Waals surface area contributed by atoms with Gasteiger partial charge in [0.25, 0.3) is 0 Å². The van der Waals surface area contributed by atoms with Crippen LogP contribution in [0.3, 0.4) is 0 Å². The summed E-state index contributed by atoms with van der Waals surface area (Å²) in [5.41, 5.74) is 10.4. The first-order valence-corrected chi connectivity index (χ1v) is 12.1. The number of nitrogens with zero attached hydrogens (tertiary/aromatic N) is 2. The van der Waals surface area contributed by atoms with Crippen molar-refractivity contribution < 1.29 is 0 Å². The third-order valence-corrected chi connectivity index (χ3v) is 6.65. The fourth-order valence-electron chi connectivity index (χ4n) is 4.65. The molecule has 2 nitrogen and oxygen atoms in total. The quantitative estimate of drug-likeness (QED) is 0.291. The molecule has 0 aromatic heterocycles. The highest BCUT2D eigenvalue weighted by atomic mass is 15.1. The highest BCUT2D eigenvalue weighted by Gasteiger charge is 2.10. The second-order valence-electron chi connectivity index (χ2n) is 9.52. The van der Waals surface area contributed by atoms with E-state index in [0.29, 0.717) is 5.92 Å². The van der Waals surface area contributed by atoms with Gasteiger partial charge in [0, 0.05) is 13.1 Å². The van der Waals surface area contributed by atoms with Gasteiger partial charge in [0.15, 0.2) is 0 Å². The summed E-state index contributed by atoms with van der Waals surface area (Å²) in [7, 11) is 0. The van der Waals surface area contributed by atoms with E-state index in [1.807, 2.05) is 6.34 Å². The summed E-state index contributed by atoms with van der Waals surface area (Å²) in [6, 6.07) is 22.4. The standard InChI is InChI=1S/C30H36N2/c1-22(2)28-10-6-7-11-29(28)26-14-12-25(13-15-26)20-27-18-24(4)30(19-23(27)3)31-21-32-16-8-5-9-17-32/h6-7,10-15,18-19,21-22H,5,8-9,16-17,20H2,1-4H3/b31-21+. The highest BCUT2D eigenvalue weighted by molar-refractivity contribution is 5.68. The predicted molar refractivity (Wildman–Crippen MR) is 138 cm³/mol. The fourth-order valence-corrected chi connectivity index (χ4v) is 4.65. The normalized spacial score (nSPS) is 14.5. The van der Waals surface area contributed by atoms with Crippen LogP contribution >= 0.6 is 0 Å². The SMILES string of the molecule is Cc1cc(/N=C/N2CCCCC2)c(C)cc1Cc1ccc(-c2ccccc2C(C)C)cc1. The Morgan fingerprint density at radius 2 is 1.59 bits per heavy atom. The number of piperidine rings is 1. The van der Waals surface area contributed by atoms with Crippen LogP contribution in [0.15, 0.2) is 65.7 Å². The first-order valence-electron chi connectivity index (χ1n) is 12.1. The van der Waals surface area contributed by atoms with Crippen molar-refractivity contribution in [1.82, 2.24) is 4.90 Å². The van der Waals surface area contributed by atoms with E-state index in [0.717, 1.165) is 25.2 Å². The molecule has 3 aromatic rings. The van der Waals surface area contributed by atoms with Crippen molar-refractivity contribution in [3.63, 3.8) is 0 Å². The minimum absolute atomic E-state index is 0.521. The molecule has 0 saturated carbocycles. The van der Waals surface area contributed by atoms with Crippen LogP contribution in [-0.2, 0) is 6.42 Å². The molecule has 2 heteroatoms. The zero-order chi connectivity index (χ0) is 22.5. The number of benzene rings is 3.